The van der Waals surface area contributed by atoms with Gasteiger partial charge in [-0.1, -0.05) is 74.4 Å². The van der Waals surface area contributed by atoms with Crippen molar-refractivity contribution in [3.05, 3.63) is 90.5 Å². The van der Waals surface area contributed by atoms with Gasteiger partial charge in [0.1, 0.15) is 5.82 Å². The third-order valence-electron chi connectivity index (χ3n) is 5.97. The summed E-state index contributed by atoms with van der Waals surface area (Å²) in [6.07, 6.45) is 17.3. The lowest BCUT2D eigenvalue weighted by molar-refractivity contribution is 0.0566. The smallest absolute Gasteiger partial charge is 0.159 e. The van der Waals surface area contributed by atoms with E-state index in [1.165, 1.54) is 12.8 Å². The van der Waals surface area contributed by atoms with Gasteiger partial charge >= 0.3 is 0 Å². The Bertz CT molecular complexity index is 1070. The fourth-order valence-corrected chi connectivity index (χ4v) is 3.91. The van der Waals surface area contributed by atoms with Gasteiger partial charge in [0.05, 0.1) is 6.10 Å². The van der Waals surface area contributed by atoms with Gasteiger partial charge in [-0.2, -0.15) is 0 Å². The zero-order valence-corrected chi connectivity index (χ0v) is 21.1. The molecule has 0 saturated carbocycles. The lowest BCUT2D eigenvalue weighted by atomic mass is 10.0. The topological polar surface area (TPSA) is 35.0 Å². The molecule has 184 valence electrons. The van der Waals surface area contributed by atoms with Crippen molar-refractivity contribution < 1.29 is 9.13 Å². The highest BCUT2D eigenvalue weighted by molar-refractivity contribution is 5.69. The summed E-state index contributed by atoms with van der Waals surface area (Å²) in [6.45, 7) is 8.94. The lowest BCUT2D eigenvalue weighted by Gasteiger charge is -2.12. The van der Waals surface area contributed by atoms with Crippen LogP contribution >= 0.6 is 0 Å². The van der Waals surface area contributed by atoms with Gasteiger partial charge in [-0.3, -0.25) is 0 Å². The highest BCUT2D eigenvalue weighted by Crippen LogP contribution is 2.26. The standard InChI is InChI=1S/C31H37FN2O/c1-4-6-10-20-35-24(3)12-8-7-9-13-25-14-19-29(30(32)21-25)27-15-17-28(18-16-27)31-33-22-26(11-5-2)23-34-31/h5,9,13-19,21-24H,2,4,6-8,10-12,20H2,1,3H3/b13-9+. The first-order valence-electron chi connectivity index (χ1n) is 12.7. The Morgan fingerprint density at radius 3 is 2.43 bits per heavy atom. The molecular formula is C31H37FN2O. The van der Waals surface area contributed by atoms with E-state index in [4.69, 9.17) is 4.74 Å². The third-order valence-corrected chi connectivity index (χ3v) is 5.97. The normalized spacial score (nSPS) is 12.2. The molecule has 1 unspecified atom stereocenters. The van der Waals surface area contributed by atoms with Gasteiger partial charge < -0.3 is 4.74 Å². The molecule has 1 heterocycles. The van der Waals surface area contributed by atoms with Crippen LogP contribution in [0.4, 0.5) is 4.39 Å². The molecule has 2 aromatic carbocycles. The zero-order chi connectivity index (χ0) is 24.9. The van der Waals surface area contributed by atoms with Crippen LogP contribution in [0, 0.1) is 5.82 Å². The summed E-state index contributed by atoms with van der Waals surface area (Å²) >= 11 is 0. The molecule has 0 fully saturated rings. The van der Waals surface area contributed by atoms with E-state index in [1.54, 1.807) is 6.07 Å². The molecule has 0 N–H and O–H groups in total. The van der Waals surface area contributed by atoms with Gasteiger partial charge in [0.2, 0.25) is 0 Å². The Labute approximate surface area is 209 Å². The number of aromatic nitrogens is 2. The SMILES string of the molecule is C=CCc1cnc(-c2ccc(-c3ccc(/C=C/CCCC(C)OCCCCC)cc3F)cc2)nc1. The number of rotatable bonds is 14. The molecule has 0 aliphatic rings. The van der Waals surface area contributed by atoms with Crippen molar-refractivity contribution in [2.75, 3.05) is 6.61 Å². The summed E-state index contributed by atoms with van der Waals surface area (Å²) in [6, 6.07) is 13.1. The van der Waals surface area contributed by atoms with Crippen LogP contribution in [0.15, 0.2) is 73.6 Å². The van der Waals surface area contributed by atoms with E-state index in [-0.39, 0.29) is 5.82 Å². The number of allylic oxidation sites excluding steroid dienone is 2. The van der Waals surface area contributed by atoms with Crippen LogP contribution < -0.4 is 0 Å². The summed E-state index contributed by atoms with van der Waals surface area (Å²) in [5, 5.41) is 0. The molecule has 0 bridgehead atoms. The average molecular weight is 473 g/mol. The van der Waals surface area contributed by atoms with E-state index in [2.05, 4.69) is 36.5 Å². The largest absolute Gasteiger partial charge is 0.379 e. The fraction of sp³-hybridized carbons (Fsp3) is 0.355. The Kier molecular flexibility index (Phi) is 10.8. The van der Waals surface area contributed by atoms with Crippen molar-refractivity contribution in [1.82, 2.24) is 9.97 Å². The second-order valence-corrected chi connectivity index (χ2v) is 8.95. The minimum Gasteiger partial charge on any atom is -0.379 e. The Morgan fingerprint density at radius 1 is 1.00 bits per heavy atom. The lowest BCUT2D eigenvalue weighted by Crippen LogP contribution is -2.08. The fourth-order valence-electron chi connectivity index (χ4n) is 3.91. The van der Waals surface area contributed by atoms with Crippen molar-refractivity contribution in [3.63, 3.8) is 0 Å². The molecule has 0 spiro atoms. The number of nitrogens with zero attached hydrogens (tertiary/aromatic N) is 2. The molecule has 0 amide bonds. The molecular weight excluding hydrogens is 435 g/mol. The molecule has 1 aromatic heterocycles. The van der Waals surface area contributed by atoms with Gasteiger partial charge in [-0.25, -0.2) is 14.4 Å². The first-order chi connectivity index (χ1) is 17.1. The van der Waals surface area contributed by atoms with Crippen LogP contribution in [0.1, 0.15) is 63.5 Å². The number of hydrogen-bond acceptors (Lipinski definition) is 3. The minimum atomic E-state index is -0.223. The van der Waals surface area contributed by atoms with Gasteiger partial charge in [0.25, 0.3) is 0 Å². The summed E-state index contributed by atoms with van der Waals surface area (Å²) in [5.41, 5.74) is 4.22. The summed E-state index contributed by atoms with van der Waals surface area (Å²) < 4.78 is 20.7. The molecule has 0 aliphatic heterocycles. The van der Waals surface area contributed by atoms with E-state index in [0.717, 1.165) is 61.0 Å². The van der Waals surface area contributed by atoms with E-state index >= 15 is 0 Å². The van der Waals surface area contributed by atoms with Gasteiger partial charge in [-0.15, -0.1) is 6.58 Å². The van der Waals surface area contributed by atoms with Crippen LogP contribution in [0.25, 0.3) is 28.6 Å². The minimum absolute atomic E-state index is 0.223. The van der Waals surface area contributed by atoms with Crippen molar-refractivity contribution in [3.8, 4) is 22.5 Å². The van der Waals surface area contributed by atoms with E-state index < -0.39 is 0 Å². The molecule has 3 nitrogen and oxygen atoms in total. The van der Waals surface area contributed by atoms with E-state index in [9.17, 15) is 4.39 Å². The van der Waals surface area contributed by atoms with Crippen LogP contribution in [0.5, 0.6) is 0 Å². The Balaban J connectivity index is 1.51. The predicted octanol–water partition coefficient (Wildman–Crippen LogP) is 8.46. The number of unbranched alkanes of at least 4 members (excludes halogenated alkanes) is 3. The van der Waals surface area contributed by atoms with Gasteiger partial charge in [0, 0.05) is 30.1 Å². The van der Waals surface area contributed by atoms with Crippen LogP contribution in [0.2, 0.25) is 0 Å². The maximum atomic E-state index is 14.8. The Hall–Kier alpha value is -3.11. The van der Waals surface area contributed by atoms with Crippen molar-refractivity contribution in [1.29, 1.82) is 0 Å². The third kappa shape index (κ3) is 8.56. The number of halogens is 1. The predicted molar refractivity (Wildman–Crippen MR) is 145 cm³/mol. The molecule has 4 heteroatoms. The monoisotopic (exact) mass is 472 g/mol. The molecule has 35 heavy (non-hydrogen) atoms. The maximum Gasteiger partial charge on any atom is 0.159 e. The quantitative estimate of drug-likeness (QED) is 0.174. The van der Waals surface area contributed by atoms with E-state index in [1.807, 2.05) is 60.9 Å². The molecule has 3 rings (SSSR count). The number of benzene rings is 2. The summed E-state index contributed by atoms with van der Waals surface area (Å²) in [4.78, 5) is 8.85. The molecule has 3 aromatic rings. The zero-order valence-electron chi connectivity index (χ0n) is 21.1. The first-order valence-corrected chi connectivity index (χ1v) is 12.7. The highest BCUT2D eigenvalue weighted by atomic mass is 19.1. The highest BCUT2D eigenvalue weighted by Gasteiger charge is 2.08. The molecule has 0 saturated heterocycles. The first kappa shape index (κ1) is 26.5. The number of ether oxygens (including phenoxy) is 1. The summed E-state index contributed by atoms with van der Waals surface area (Å²) in [5.74, 6) is 0.432. The molecule has 0 aliphatic carbocycles. The van der Waals surface area contributed by atoms with Gasteiger partial charge in [-0.05, 0) is 61.8 Å². The van der Waals surface area contributed by atoms with Crippen LogP contribution in [-0.4, -0.2) is 22.7 Å². The van der Waals surface area contributed by atoms with E-state index in [0.29, 0.717) is 17.5 Å². The van der Waals surface area contributed by atoms with Crippen LogP contribution in [0.3, 0.4) is 0 Å². The van der Waals surface area contributed by atoms with Crippen molar-refractivity contribution >= 4 is 6.08 Å². The van der Waals surface area contributed by atoms with Crippen molar-refractivity contribution in [2.24, 2.45) is 0 Å². The molecule has 0 radical (unpaired) electrons. The maximum absolute atomic E-state index is 14.8. The van der Waals surface area contributed by atoms with Gasteiger partial charge in [0.15, 0.2) is 5.82 Å². The van der Waals surface area contributed by atoms with Crippen molar-refractivity contribution in [2.45, 2.75) is 64.9 Å². The molecule has 1 atom stereocenters. The average Bonchev–Trinajstić information content (AvgIpc) is 2.87. The Morgan fingerprint density at radius 2 is 1.74 bits per heavy atom. The second kappa shape index (κ2) is 14.3. The number of hydrogen-bond donors (Lipinski definition) is 0. The summed E-state index contributed by atoms with van der Waals surface area (Å²) in [7, 11) is 0. The second-order valence-electron chi connectivity index (χ2n) is 8.95. The van der Waals surface area contributed by atoms with Crippen LogP contribution in [-0.2, 0) is 11.2 Å².